The summed E-state index contributed by atoms with van der Waals surface area (Å²) in [5.74, 6) is 0.715. The zero-order chi connectivity index (χ0) is 23.8. The number of rotatable bonds is 10. The molecule has 0 spiro atoms. The topological polar surface area (TPSA) is 94.2 Å². The maximum absolute atomic E-state index is 12.4. The number of ether oxygens (including phenoxy) is 3. The summed E-state index contributed by atoms with van der Waals surface area (Å²) < 4.78 is 16.5. The molecule has 3 rings (SSSR count). The highest BCUT2D eigenvalue weighted by molar-refractivity contribution is 8.18. The Morgan fingerprint density at radius 1 is 1.06 bits per heavy atom. The quantitative estimate of drug-likeness (QED) is 0.509. The van der Waals surface area contributed by atoms with Crippen molar-refractivity contribution in [1.82, 2.24) is 4.90 Å². The van der Waals surface area contributed by atoms with Crippen LogP contribution in [0.2, 0.25) is 0 Å². The minimum absolute atomic E-state index is 0.230. The normalized spacial score (nSPS) is 14.5. The number of methoxy groups -OCH3 is 1. The Kier molecular flexibility index (Phi) is 8.37. The van der Waals surface area contributed by atoms with Crippen molar-refractivity contribution in [2.75, 3.05) is 32.2 Å². The first-order valence-corrected chi connectivity index (χ1v) is 11.4. The highest BCUT2D eigenvalue weighted by Crippen LogP contribution is 2.34. The maximum atomic E-state index is 12.4. The van der Waals surface area contributed by atoms with Crippen molar-refractivity contribution in [2.24, 2.45) is 0 Å². The van der Waals surface area contributed by atoms with Gasteiger partial charge in [-0.25, -0.2) is 0 Å². The standard InChI is InChI=1S/C24H26N2O6S/c1-4-12-26-23(28)21(33-24(26)29)14-16-10-11-19(20(13-16)30-3)32-15-22(27)25-17-8-6-7-9-18(17)31-5-2/h6-11,13-14H,4-5,12,15H2,1-3H3,(H,25,27)/b21-14+. The third-order valence-electron chi connectivity index (χ3n) is 4.63. The van der Waals surface area contributed by atoms with Gasteiger partial charge in [0.25, 0.3) is 17.1 Å². The molecule has 1 N–H and O–H groups in total. The molecule has 0 radical (unpaired) electrons. The molecule has 8 nitrogen and oxygen atoms in total. The second-order valence-corrected chi connectivity index (χ2v) is 8.00. The van der Waals surface area contributed by atoms with Crippen molar-refractivity contribution in [2.45, 2.75) is 20.3 Å². The average Bonchev–Trinajstić information content (AvgIpc) is 3.07. The number of carbonyl (C=O) groups excluding carboxylic acids is 3. The smallest absolute Gasteiger partial charge is 0.293 e. The number of nitrogens with zero attached hydrogens (tertiary/aromatic N) is 1. The summed E-state index contributed by atoms with van der Waals surface area (Å²) in [5, 5.41) is 2.50. The van der Waals surface area contributed by atoms with Crippen LogP contribution in [0.15, 0.2) is 47.4 Å². The van der Waals surface area contributed by atoms with E-state index in [9.17, 15) is 14.4 Å². The fraction of sp³-hybridized carbons (Fsp3) is 0.292. The third kappa shape index (κ3) is 6.07. The van der Waals surface area contributed by atoms with Gasteiger partial charge in [0.2, 0.25) is 0 Å². The Hall–Kier alpha value is -3.46. The van der Waals surface area contributed by atoms with E-state index in [0.29, 0.717) is 53.0 Å². The fourth-order valence-corrected chi connectivity index (χ4v) is 4.01. The molecule has 2 aromatic rings. The van der Waals surface area contributed by atoms with E-state index in [-0.39, 0.29) is 23.7 Å². The molecule has 0 atom stereocenters. The minimum Gasteiger partial charge on any atom is -0.493 e. The van der Waals surface area contributed by atoms with Gasteiger partial charge >= 0.3 is 0 Å². The molecule has 2 aromatic carbocycles. The Morgan fingerprint density at radius 2 is 1.85 bits per heavy atom. The third-order valence-corrected chi connectivity index (χ3v) is 5.53. The Bertz CT molecular complexity index is 1070. The molecule has 174 valence electrons. The summed E-state index contributed by atoms with van der Waals surface area (Å²) in [6.45, 7) is 4.43. The van der Waals surface area contributed by atoms with E-state index in [4.69, 9.17) is 14.2 Å². The van der Waals surface area contributed by atoms with Crippen LogP contribution >= 0.6 is 11.8 Å². The molecule has 1 saturated heterocycles. The zero-order valence-corrected chi connectivity index (χ0v) is 19.6. The highest BCUT2D eigenvalue weighted by atomic mass is 32.2. The summed E-state index contributed by atoms with van der Waals surface area (Å²) in [4.78, 5) is 38.4. The number of nitrogens with one attached hydrogen (secondary N) is 1. The number of hydrogen-bond acceptors (Lipinski definition) is 7. The van der Waals surface area contributed by atoms with Crippen molar-refractivity contribution in [3.63, 3.8) is 0 Å². The summed E-state index contributed by atoms with van der Waals surface area (Å²) >= 11 is 0.917. The van der Waals surface area contributed by atoms with E-state index < -0.39 is 0 Å². The van der Waals surface area contributed by atoms with Gasteiger partial charge in [0.05, 0.1) is 24.3 Å². The highest BCUT2D eigenvalue weighted by Gasteiger charge is 2.34. The lowest BCUT2D eigenvalue weighted by Gasteiger charge is -2.13. The molecule has 1 fully saturated rings. The lowest BCUT2D eigenvalue weighted by Crippen LogP contribution is -2.28. The molecule has 0 unspecified atom stereocenters. The van der Waals surface area contributed by atoms with Crippen molar-refractivity contribution < 1.29 is 28.6 Å². The molecule has 0 saturated carbocycles. The number of anilines is 1. The van der Waals surface area contributed by atoms with Crippen molar-refractivity contribution in [3.05, 3.63) is 52.9 Å². The molecule has 0 aromatic heterocycles. The molecule has 1 heterocycles. The summed E-state index contributed by atoms with van der Waals surface area (Å²) in [6, 6.07) is 12.2. The molecule has 33 heavy (non-hydrogen) atoms. The number of hydrogen-bond donors (Lipinski definition) is 1. The van der Waals surface area contributed by atoms with E-state index in [0.717, 1.165) is 11.8 Å². The fourth-order valence-electron chi connectivity index (χ4n) is 3.14. The van der Waals surface area contributed by atoms with Crippen LogP contribution in [0.4, 0.5) is 10.5 Å². The average molecular weight is 471 g/mol. The first-order valence-electron chi connectivity index (χ1n) is 10.5. The van der Waals surface area contributed by atoms with E-state index >= 15 is 0 Å². The number of para-hydroxylation sites is 2. The van der Waals surface area contributed by atoms with Crippen LogP contribution in [0.25, 0.3) is 6.08 Å². The maximum Gasteiger partial charge on any atom is 0.293 e. The monoisotopic (exact) mass is 470 g/mol. The second-order valence-electron chi connectivity index (χ2n) is 7.01. The lowest BCUT2D eigenvalue weighted by atomic mass is 10.2. The van der Waals surface area contributed by atoms with Crippen LogP contribution in [0.1, 0.15) is 25.8 Å². The predicted molar refractivity (Wildman–Crippen MR) is 128 cm³/mol. The molecule has 1 aliphatic rings. The molecular weight excluding hydrogens is 444 g/mol. The predicted octanol–water partition coefficient (Wildman–Crippen LogP) is 4.56. The van der Waals surface area contributed by atoms with Crippen molar-refractivity contribution >= 4 is 40.6 Å². The number of imide groups is 1. The van der Waals surface area contributed by atoms with E-state index in [1.54, 1.807) is 42.5 Å². The van der Waals surface area contributed by atoms with Gasteiger partial charge in [-0.05, 0) is 61.0 Å². The number of amides is 3. The first kappa shape index (κ1) is 24.2. The number of carbonyl (C=O) groups is 3. The number of benzene rings is 2. The minimum atomic E-state index is -0.349. The van der Waals surface area contributed by atoms with Crippen LogP contribution in [0.3, 0.4) is 0 Å². The van der Waals surface area contributed by atoms with E-state index in [1.165, 1.54) is 12.0 Å². The Labute approximate surface area is 196 Å². The molecule has 3 amide bonds. The molecular formula is C24H26N2O6S. The summed E-state index contributed by atoms with van der Waals surface area (Å²) in [7, 11) is 1.49. The first-order chi connectivity index (χ1) is 16.0. The van der Waals surface area contributed by atoms with Gasteiger partial charge in [-0.2, -0.15) is 0 Å². The van der Waals surface area contributed by atoms with Gasteiger partial charge in [0.15, 0.2) is 18.1 Å². The van der Waals surface area contributed by atoms with Crippen LogP contribution in [0, 0.1) is 0 Å². The SMILES string of the molecule is CCCN1C(=O)S/C(=C/c2ccc(OCC(=O)Nc3ccccc3OCC)c(OC)c2)C1=O. The van der Waals surface area contributed by atoms with Crippen molar-refractivity contribution in [1.29, 1.82) is 0 Å². The van der Waals surface area contributed by atoms with Crippen LogP contribution in [-0.4, -0.2) is 48.8 Å². The molecule has 0 bridgehead atoms. The van der Waals surface area contributed by atoms with Crippen LogP contribution < -0.4 is 19.5 Å². The van der Waals surface area contributed by atoms with Crippen molar-refractivity contribution in [3.8, 4) is 17.2 Å². The van der Waals surface area contributed by atoms with Gasteiger partial charge in [0, 0.05) is 6.54 Å². The van der Waals surface area contributed by atoms with Gasteiger partial charge in [-0.15, -0.1) is 0 Å². The Balaban J connectivity index is 1.66. The van der Waals surface area contributed by atoms with Crippen LogP contribution in [-0.2, 0) is 9.59 Å². The van der Waals surface area contributed by atoms with E-state index in [2.05, 4.69) is 5.32 Å². The lowest BCUT2D eigenvalue weighted by molar-refractivity contribution is -0.122. The zero-order valence-electron chi connectivity index (χ0n) is 18.8. The summed E-state index contributed by atoms with van der Waals surface area (Å²) in [5.41, 5.74) is 1.24. The molecule has 1 aliphatic heterocycles. The van der Waals surface area contributed by atoms with Gasteiger partial charge < -0.3 is 19.5 Å². The molecule has 0 aliphatic carbocycles. The summed E-state index contributed by atoms with van der Waals surface area (Å²) in [6.07, 6.45) is 2.35. The number of thioether (sulfide) groups is 1. The Morgan fingerprint density at radius 3 is 2.58 bits per heavy atom. The van der Waals surface area contributed by atoms with E-state index in [1.807, 2.05) is 19.9 Å². The van der Waals surface area contributed by atoms with Gasteiger partial charge in [-0.3, -0.25) is 19.3 Å². The van der Waals surface area contributed by atoms with Gasteiger partial charge in [0.1, 0.15) is 5.75 Å². The van der Waals surface area contributed by atoms with Gasteiger partial charge in [-0.1, -0.05) is 25.1 Å². The second kappa shape index (κ2) is 11.4. The largest absolute Gasteiger partial charge is 0.493 e. The molecule has 9 heteroatoms. The van der Waals surface area contributed by atoms with Crippen LogP contribution in [0.5, 0.6) is 17.2 Å².